The molecule has 120 valence electrons. The number of piperidine rings is 1. The Kier molecular flexibility index (Phi) is 4.49. The van der Waals surface area contributed by atoms with Gasteiger partial charge in [0.25, 0.3) is 0 Å². The van der Waals surface area contributed by atoms with Crippen LogP contribution in [0.15, 0.2) is 11.4 Å². The average molecular weight is 327 g/mol. The van der Waals surface area contributed by atoms with E-state index >= 15 is 0 Å². The Hall–Kier alpha value is -2.13. The minimum absolute atomic E-state index is 0.450. The zero-order valence-electron chi connectivity index (χ0n) is 13.8. The lowest BCUT2D eigenvalue weighted by molar-refractivity contribution is 0.526. The van der Waals surface area contributed by atoms with E-state index < -0.39 is 0 Å². The van der Waals surface area contributed by atoms with Crippen molar-refractivity contribution in [2.45, 2.75) is 39.7 Å². The Morgan fingerprint density at radius 3 is 2.57 bits per heavy atom. The van der Waals surface area contributed by atoms with Crippen molar-refractivity contribution < 1.29 is 0 Å². The van der Waals surface area contributed by atoms with Gasteiger partial charge in [-0.25, -0.2) is 4.98 Å². The largest absolute Gasteiger partial charge is 0.370 e. The van der Waals surface area contributed by atoms with E-state index in [1.807, 2.05) is 26.8 Å². The summed E-state index contributed by atoms with van der Waals surface area (Å²) in [5.41, 5.74) is 4.59. The van der Waals surface area contributed by atoms with Crippen LogP contribution in [-0.4, -0.2) is 29.1 Å². The number of pyridine rings is 1. The van der Waals surface area contributed by atoms with Crippen LogP contribution in [0.4, 0.5) is 10.8 Å². The molecule has 1 aliphatic rings. The zero-order valence-corrected chi connectivity index (χ0v) is 14.6. The van der Waals surface area contributed by atoms with Gasteiger partial charge in [-0.2, -0.15) is 5.26 Å². The summed E-state index contributed by atoms with van der Waals surface area (Å²) in [4.78, 5) is 11.2. The van der Waals surface area contributed by atoms with E-state index in [9.17, 15) is 5.26 Å². The maximum absolute atomic E-state index is 9.43. The van der Waals surface area contributed by atoms with Gasteiger partial charge in [-0.05, 0) is 39.7 Å². The van der Waals surface area contributed by atoms with Crippen LogP contribution in [0.5, 0.6) is 0 Å². The number of rotatable bonds is 3. The molecule has 3 rings (SSSR count). The van der Waals surface area contributed by atoms with Gasteiger partial charge in [-0.3, -0.25) is 4.98 Å². The van der Waals surface area contributed by atoms with Gasteiger partial charge in [0, 0.05) is 30.2 Å². The minimum atomic E-state index is 0.450. The lowest BCUT2D eigenvalue weighted by Gasteiger charge is -2.34. The maximum atomic E-state index is 9.43. The van der Waals surface area contributed by atoms with Gasteiger partial charge in [0.1, 0.15) is 6.07 Å². The first-order valence-corrected chi connectivity index (χ1v) is 8.76. The van der Waals surface area contributed by atoms with Gasteiger partial charge in [0.2, 0.25) is 0 Å². The molecular formula is C17H21N5S. The third-order valence-corrected chi connectivity index (χ3v) is 5.09. The van der Waals surface area contributed by atoms with Crippen LogP contribution in [0.25, 0.3) is 0 Å². The third-order valence-electron chi connectivity index (χ3n) is 4.20. The number of nitrogens with zero attached hydrogens (tertiary/aromatic N) is 4. The van der Waals surface area contributed by atoms with E-state index in [-0.39, 0.29) is 0 Å². The smallest absolute Gasteiger partial charge is 0.183 e. The highest BCUT2D eigenvalue weighted by atomic mass is 32.1. The number of aromatic nitrogens is 2. The summed E-state index contributed by atoms with van der Waals surface area (Å²) in [5.74, 6) is 0. The first-order valence-electron chi connectivity index (χ1n) is 7.89. The van der Waals surface area contributed by atoms with Crippen LogP contribution < -0.4 is 10.2 Å². The molecule has 0 bridgehead atoms. The van der Waals surface area contributed by atoms with Crippen molar-refractivity contribution in [1.29, 1.82) is 5.26 Å². The molecule has 2 aromatic rings. The van der Waals surface area contributed by atoms with Crippen molar-refractivity contribution in [2.24, 2.45) is 0 Å². The number of anilines is 2. The van der Waals surface area contributed by atoms with Crippen LogP contribution in [0.3, 0.4) is 0 Å². The molecule has 3 heterocycles. The first-order chi connectivity index (χ1) is 11.1. The number of nitriles is 1. The molecule has 0 atom stereocenters. The molecule has 1 aliphatic heterocycles. The molecule has 1 N–H and O–H groups in total. The minimum Gasteiger partial charge on any atom is -0.370 e. The van der Waals surface area contributed by atoms with Crippen molar-refractivity contribution >= 4 is 22.2 Å². The molecule has 2 aromatic heterocycles. The topological polar surface area (TPSA) is 64.8 Å². The SMILES string of the molecule is Cc1csc(NC2CCN(c3cc(C)nc(C)c3C#N)CC2)n1. The van der Waals surface area contributed by atoms with Crippen LogP contribution in [-0.2, 0) is 0 Å². The Morgan fingerprint density at radius 1 is 1.22 bits per heavy atom. The van der Waals surface area contributed by atoms with Crippen molar-refractivity contribution in [3.8, 4) is 6.07 Å². The van der Waals surface area contributed by atoms with E-state index in [1.165, 1.54) is 0 Å². The van der Waals surface area contributed by atoms with Gasteiger partial charge in [0.05, 0.1) is 22.6 Å². The van der Waals surface area contributed by atoms with E-state index in [0.717, 1.165) is 53.8 Å². The standard InChI is InChI=1S/C17H21N5S/c1-11-8-16(15(9-18)13(3)19-11)22-6-4-14(5-7-22)21-17-20-12(2)10-23-17/h8,10,14H,4-7H2,1-3H3,(H,20,21). The zero-order chi connectivity index (χ0) is 16.4. The molecule has 0 spiro atoms. The van der Waals surface area contributed by atoms with Crippen molar-refractivity contribution in [3.63, 3.8) is 0 Å². The lowest BCUT2D eigenvalue weighted by Crippen LogP contribution is -2.39. The summed E-state index contributed by atoms with van der Waals surface area (Å²) in [6, 6.07) is 4.80. The van der Waals surface area contributed by atoms with E-state index in [0.29, 0.717) is 11.6 Å². The van der Waals surface area contributed by atoms with Crippen molar-refractivity contribution in [1.82, 2.24) is 9.97 Å². The number of aryl methyl sites for hydroxylation is 3. The van der Waals surface area contributed by atoms with Crippen LogP contribution in [0.2, 0.25) is 0 Å². The van der Waals surface area contributed by atoms with Crippen molar-refractivity contribution in [3.05, 3.63) is 34.1 Å². The fraction of sp³-hybridized carbons (Fsp3) is 0.471. The molecular weight excluding hydrogens is 306 g/mol. The van der Waals surface area contributed by atoms with Gasteiger partial charge >= 0.3 is 0 Å². The maximum Gasteiger partial charge on any atom is 0.183 e. The lowest BCUT2D eigenvalue weighted by atomic mass is 10.0. The monoisotopic (exact) mass is 327 g/mol. The molecule has 1 saturated heterocycles. The predicted octanol–water partition coefficient (Wildman–Crippen LogP) is 3.42. The highest BCUT2D eigenvalue weighted by Gasteiger charge is 2.22. The second kappa shape index (κ2) is 6.55. The highest BCUT2D eigenvalue weighted by molar-refractivity contribution is 7.13. The summed E-state index contributed by atoms with van der Waals surface area (Å²) in [7, 11) is 0. The normalized spacial score (nSPS) is 15.5. The Labute approximate surface area is 141 Å². The van der Waals surface area contributed by atoms with Crippen molar-refractivity contribution in [2.75, 3.05) is 23.3 Å². The quantitative estimate of drug-likeness (QED) is 0.936. The van der Waals surface area contributed by atoms with Crippen LogP contribution >= 0.6 is 11.3 Å². The molecule has 0 aliphatic carbocycles. The Bertz CT molecular complexity index is 738. The first kappa shape index (κ1) is 15.8. The fourth-order valence-corrected chi connectivity index (χ4v) is 3.82. The molecule has 1 fully saturated rings. The molecule has 6 heteroatoms. The van der Waals surface area contributed by atoms with Gasteiger partial charge in [0.15, 0.2) is 5.13 Å². The number of hydrogen-bond donors (Lipinski definition) is 1. The van der Waals surface area contributed by atoms with E-state index in [2.05, 4.69) is 31.6 Å². The number of nitrogens with one attached hydrogen (secondary N) is 1. The van der Waals surface area contributed by atoms with Gasteiger partial charge < -0.3 is 10.2 Å². The molecule has 0 aromatic carbocycles. The van der Waals surface area contributed by atoms with E-state index in [1.54, 1.807) is 11.3 Å². The number of thiazole rings is 1. The Balaban J connectivity index is 1.68. The number of hydrogen-bond acceptors (Lipinski definition) is 6. The molecule has 23 heavy (non-hydrogen) atoms. The van der Waals surface area contributed by atoms with Gasteiger partial charge in [-0.15, -0.1) is 11.3 Å². The molecule has 0 saturated carbocycles. The summed E-state index contributed by atoms with van der Waals surface area (Å²) in [5, 5.41) is 16.0. The average Bonchev–Trinajstić information content (AvgIpc) is 2.92. The molecule has 5 nitrogen and oxygen atoms in total. The Morgan fingerprint density at radius 2 is 1.96 bits per heavy atom. The summed E-state index contributed by atoms with van der Waals surface area (Å²) >= 11 is 1.66. The van der Waals surface area contributed by atoms with E-state index in [4.69, 9.17) is 0 Å². The fourth-order valence-electron chi connectivity index (χ4n) is 3.06. The van der Waals surface area contributed by atoms with Crippen LogP contribution in [0.1, 0.15) is 35.5 Å². The molecule has 0 unspecified atom stereocenters. The predicted molar refractivity (Wildman–Crippen MR) is 94.1 cm³/mol. The second-order valence-electron chi connectivity index (χ2n) is 6.05. The summed E-state index contributed by atoms with van der Waals surface area (Å²) in [6.07, 6.45) is 2.09. The molecule has 0 amide bonds. The summed E-state index contributed by atoms with van der Waals surface area (Å²) < 4.78 is 0. The molecule has 0 radical (unpaired) electrons. The summed E-state index contributed by atoms with van der Waals surface area (Å²) in [6.45, 7) is 7.80. The van der Waals surface area contributed by atoms with Crippen LogP contribution in [0, 0.1) is 32.1 Å². The van der Waals surface area contributed by atoms with Gasteiger partial charge in [-0.1, -0.05) is 0 Å². The highest BCUT2D eigenvalue weighted by Crippen LogP contribution is 2.27. The third kappa shape index (κ3) is 3.45. The second-order valence-corrected chi connectivity index (χ2v) is 6.91.